The van der Waals surface area contributed by atoms with Gasteiger partial charge in [-0.1, -0.05) is 6.92 Å². The van der Waals surface area contributed by atoms with Gasteiger partial charge in [-0.25, -0.2) is 8.42 Å². The normalized spacial score (nSPS) is 12.9. The summed E-state index contributed by atoms with van der Waals surface area (Å²) in [5, 5.41) is 19.6. The molecule has 1 rings (SSSR count). The number of benzene rings is 1. The van der Waals surface area contributed by atoms with Crippen LogP contribution in [0.4, 0.5) is 5.69 Å². The molecule has 0 aliphatic heterocycles. The minimum atomic E-state index is -4.03. The molecule has 0 aliphatic rings. The van der Waals surface area contributed by atoms with Crippen LogP contribution < -0.4 is 4.74 Å². The van der Waals surface area contributed by atoms with Gasteiger partial charge in [-0.05, 0) is 6.07 Å². The first-order chi connectivity index (χ1) is 10.1. The molecule has 0 amide bonds. The van der Waals surface area contributed by atoms with Crippen LogP contribution in [0.25, 0.3) is 0 Å². The Bertz CT molecular complexity index is 687. The fraction of sp³-hybridized carbons (Fsp3) is 0.417. The van der Waals surface area contributed by atoms with E-state index in [0.29, 0.717) is 0 Å². The molecule has 22 heavy (non-hydrogen) atoms. The first kappa shape index (κ1) is 17.9. The molecule has 1 aromatic carbocycles. The van der Waals surface area contributed by atoms with E-state index in [2.05, 4.69) is 0 Å². The molecule has 1 unspecified atom stereocenters. The Hall–Kier alpha value is -2.20. The molecule has 0 aromatic heterocycles. The molecule has 0 fully saturated rings. The largest absolute Gasteiger partial charge is 0.495 e. The van der Waals surface area contributed by atoms with Crippen LogP contribution in [0.2, 0.25) is 0 Å². The summed E-state index contributed by atoms with van der Waals surface area (Å²) in [6.07, 6.45) is 0. The lowest BCUT2D eigenvalue weighted by Crippen LogP contribution is -2.33. The van der Waals surface area contributed by atoms with Gasteiger partial charge in [-0.3, -0.25) is 14.9 Å². The number of ether oxygens (including phenoxy) is 1. The Morgan fingerprint density at radius 1 is 1.50 bits per heavy atom. The van der Waals surface area contributed by atoms with E-state index in [1.807, 2.05) is 0 Å². The molecule has 122 valence electrons. The molecular formula is C12H16N2O7S. The van der Waals surface area contributed by atoms with E-state index < -0.39 is 26.8 Å². The van der Waals surface area contributed by atoms with E-state index in [0.717, 1.165) is 22.5 Å². The fourth-order valence-corrected chi connectivity index (χ4v) is 3.10. The lowest BCUT2D eigenvalue weighted by molar-refractivity contribution is -0.385. The van der Waals surface area contributed by atoms with Gasteiger partial charge in [0.15, 0.2) is 0 Å². The first-order valence-electron chi connectivity index (χ1n) is 6.12. The topological polar surface area (TPSA) is 127 Å². The standard InChI is InChI=1S/C12H16N2O7S/c1-8(12(15)16)7-13(2)22(19,20)11-5-4-9(14(17)18)6-10(11)21-3/h4-6,8H,7H2,1-3H3,(H,15,16). The van der Waals surface area contributed by atoms with Crippen molar-refractivity contribution in [3.05, 3.63) is 28.3 Å². The number of nitro benzene ring substituents is 1. The van der Waals surface area contributed by atoms with Crippen LogP contribution in [0.1, 0.15) is 6.92 Å². The molecule has 0 bridgehead atoms. The summed E-state index contributed by atoms with van der Waals surface area (Å²) in [6.45, 7) is 1.14. The zero-order chi connectivity index (χ0) is 17.1. The number of carboxylic acid groups (broad SMARTS) is 1. The third-order valence-corrected chi connectivity index (χ3v) is 4.86. The van der Waals surface area contributed by atoms with Crippen molar-refractivity contribution in [1.82, 2.24) is 4.31 Å². The second kappa shape index (κ2) is 6.71. The molecule has 0 heterocycles. The summed E-state index contributed by atoms with van der Waals surface area (Å²) >= 11 is 0. The van der Waals surface area contributed by atoms with Crippen molar-refractivity contribution in [3.8, 4) is 5.75 Å². The second-order valence-electron chi connectivity index (χ2n) is 4.62. The van der Waals surface area contributed by atoms with Crippen molar-refractivity contribution >= 4 is 21.7 Å². The van der Waals surface area contributed by atoms with Gasteiger partial charge in [0.1, 0.15) is 10.6 Å². The van der Waals surface area contributed by atoms with Gasteiger partial charge in [0.25, 0.3) is 5.69 Å². The Morgan fingerprint density at radius 3 is 2.55 bits per heavy atom. The number of sulfonamides is 1. The smallest absolute Gasteiger partial charge is 0.307 e. The lowest BCUT2D eigenvalue weighted by Gasteiger charge is -2.20. The molecule has 10 heteroatoms. The van der Waals surface area contributed by atoms with Gasteiger partial charge in [-0.15, -0.1) is 0 Å². The number of carbonyl (C=O) groups is 1. The zero-order valence-electron chi connectivity index (χ0n) is 12.2. The summed E-state index contributed by atoms with van der Waals surface area (Å²) in [7, 11) is -1.61. The van der Waals surface area contributed by atoms with Crippen LogP contribution >= 0.6 is 0 Å². The average Bonchev–Trinajstić information content (AvgIpc) is 2.45. The molecule has 1 atom stereocenters. The number of nitro groups is 1. The Kier molecular flexibility index (Phi) is 5.44. The van der Waals surface area contributed by atoms with Crippen molar-refractivity contribution in [2.45, 2.75) is 11.8 Å². The minimum absolute atomic E-state index is 0.177. The number of aliphatic carboxylic acids is 1. The van der Waals surface area contributed by atoms with Crippen molar-refractivity contribution in [2.75, 3.05) is 20.7 Å². The molecule has 0 aliphatic carbocycles. The van der Waals surface area contributed by atoms with Gasteiger partial charge in [0, 0.05) is 19.7 Å². The Morgan fingerprint density at radius 2 is 2.09 bits per heavy atom. The number of hydrogen-bond acceptors (Lipinski definition) is 6. The van der Waals surface area contributed by atoms with Gasteiger partial charge in [-0.2, -0.15) is 4.31 Å². The summed E-state index contributed by atoms with van der Waals surface area (Å²) in [5.74, 6) is -2.20. The predicted octanol–water partition coefficient (Wildman–Crippen LogP) is 0.945. The lowest BCUT2D eigenvalue weighted by atomic mass is 10.2. The van der Waals surface area contributed by atoms with Crippen molar-refractivity contribution in [3.63, 3.8) is 0 Å². The number of non-ortho nitro benzene ring substituents is 1. The molecule has 0 spiro atoms. The predicted molar refractivity (Wildman–Crippen MR) is 76.3 cm³/mol. The highest BCUT2D eigenvalue weighted by molar-refractivity contribution is 7.89. The van der Waals surface area contributed by atoms with Crippen LogP contribution in [0, 0.1) is 16.0 Å². The first-order valence-corrected chi connectivity index (χ1v) is 7.56. The zero-order valence-corrected chi connectivity index (χ0v) is 13.0. The van der Waals surface area contributed by atoms with Crippen LogP contribution in [-0.4, -0.2) is 49.4 Å². The van der Waals surface area contributed by atoms with E-state index >= 15 is 0 Å². The highest BCUT2D eigenvalue weighted by atomic mass is 32.2. The monoisotopic (exact) mass is 332 g/mol. The number of methoxy groups -OCH3 is 1. The van der Waals surface area contributed by atoms with Crippen LogP contribution in [0.15, 0.2) is 23.1 Å². The molecule has 0 saturated heterocycles. The number of nitrogens with zero attached hydrogens (tertiary/aromatic N) is 2. The van der Waals surface area contributed by atoms with E-state index in [-0.39, 0.29) is 22.9 Å². The third kappa shape index (κ3) is 3.71. The number of hydrogen-bond donors (Lipinski definition) is 1. The van der Waals surface area contributed by atoms with E-state index in [4.69, 9.17) is 9.84 Å². The SMILES string of the molecule is COc1cc([N+](=O)[O-])ccc1S(=O)(=O)N(C)CC(C)C(=O)O. The van der Waals surface area contributed by atoms with Crippen LogP contribution in [0.3, 0.4) is 0 Å². The highest BCUT2D eigenvalue weighted by Gasteiger charge is 2.28. The maximum atomic E-state index is 12.4. The summed E-state index contributed by atoms with van der Waals surface area (Å²) in [4.78, 5) is 20.6. The molecule has 9 nitrogen and oxygen atoms in total. The van der Waals surface area contributed by atoms with E-state index in [9.17, 15) is 23.3 Å². The summed E-state index contributed by atoms with van der Waals surface area (Å²) in [6, 6.07) is 3.11. The quantitative estimate of drug-likeness (QED) is 0.581. The molecular weight excluding hydrogens is 316 g/mol. The van der Waals surface area contributed by atoms with Crippen molar-refractivity contribution < 1.29 is 28.0 Å². The number of rotatable bonds is 7. The summed E-state index contributed by atoms with van der Waals surface area (Å²) in [5.41, 5.74) is -0.308. The van der Waals surface area contributed by atoms with Crippen LogP contribution in [0.5, 0.6) is 5.75 Å². The van der Waals surface area contributed by atoms with E-state index in [1.54, 1.807) is 0 Å². The van der Waals surface area contributed by atoms with Gasteiger partial charge >= 0.3 is 5.97 Å². The molecule has 1 N–H and O–H groups in total. The molecule has 1 aromatic rings. The number of carboxylic acids is 1. The van der Waals surface area contributed by atoms with Crippen molar-refractivity contribution in [1.29, 1.82) is 0 Å². The second-order valence-corrected chi connectivity index (χ2v) is 6.63. The van der Waals surface area contributed by atoms with Crippen molar-refractivity contribution in [2.24, 2.45) is 5.92 Å². The highest BCUT2D eigenvalue weighted by Crippen LogP contribution is 2.30. The van der Waals surface area contributed by atoms with Gasteiger partial charge in [0.2, 0.25) is 10.0 Å². The Balaban J connectivity index is 3.22. The van der Waals surface area contributed by atoms with E-state index in [1.165, 1.54) is 21.1 Å². The maximum Gasteiger partial charge on any atom is 0.307 e. The fourth-order valence-electron chi connectivity index (χ4n) is 1.71. The molecule has 0 saturated carbocycles. The molecule has 0 radical (unpaired) electrons. The van der Waals surface area contributed by atoms with Gasteiger partial charge in [0.05, 0.1) is 24.0 Å². The maximum absolute atomic E-state index is 12.4. The van der Waals surface area contributed by atoms with Gasteiger partial charge < -0.3 is 9.84 Å². The van der Waals surface area contributed by atoms with Crippen LogP contribution in [-0.2, 0) is 14.8 Å². The summed E-state index contributed by atoms with van der Waals surface area (Å²) < 4.78 is 30.6. The minimum Gasteiger partial charge on any atom is -0.495 e. The Labute approximate surface area is 127 Å². The third-order valence-electron chi connectivity index (χ3n) is 3.00. The average molecular weight is 332 g/mol.